The molecule has 5 atom stereocenters. The van der Waals surface area contributed by atoms with Crippen LogP contribution in [0.3, 0.4) is 0 Å². The monoisotopic (exact) mass is 567 g/mol. The molecule has 2 aromatic rings. The predicted octanol–water partition coefficient (Wildman–Crippen LogP) is 4.26. The van der Waals surface area contributed by atoms with Crippen molar-refractivity contribution in [2.75, 3.05) is 20.8 Å². The number of hydrogen-bond acceptors (Lipinski definition) is 9. The van der Waals surface area contributed by atoms with E-state index in [1.165, 1.54) is 12.0 Å². The van der Waals surface area contributed by atoms with Crippen molar-refractivity contribution in [3.8, 4) is 11.6 Å². The summed E-state index contributed by atoms with van der Waals surface area (Å²) in [4.78, 5) is 51.1. The number of methoxy groups -OCH3 is 2. The van der Waals surface area contributed by atoms with Gasteiger partial charge < -0.3 is 23.8 Å². The van der Waals surface area contributed by atoms with Gasteiger partial charge in [-0.15, -0.1) is 0 Å². The lowest BCUT2D eigenvalue weighted by Crippen LogP contribution is -2.47. The smallest absolute Gasteiger partial charge is 0.328 e. The molecule has 5 rings (SSSR count). The van der Waals surface area contributed by atoms with Gasteiger partial charge in [0, 0.05) is 12.5 Å². The molecule has 1 amide bonds. The summed E-state index contributed by atoms with van der Waals surface area (Å²) in [6, 6.07) is 4.73. The van der Waals surface area contributed by atoms with Crippen LogP contribution in [0.5, 0.6) is 11.6 Å². The number of carbonyl (C=O) groups excluding carboxylic acids is 3. The Kier molecular flexibility index (Phi) is 8.38. The molecule has 2 aliphatic heterocycles. The van der Waals surface area contributed by atoms with Gasteiger partial charge in [-0.1, -0.05) is 33.6 Å². The minimum absolute atomic E-state index is 0.0381. The highest BCUT2D eigenvalue weighted by Crippen LogP contribution is 2.40. The summed E-state index contributed by atoms with van der Waals surface area (Å²) >= 11 is 0. The zero-order valence-electron chi connectivity index (χ0n) is 24.7. The quantitative estimate of drug-likeness (QED) is 0.491. The Labute approximate surface area is 241 Å². The molecule has 2 fully saturated rings. The van der Waals surface area contributed by atoms with Gasteiger partial charge >= 0.3 is 11.9 Å². The number of nitrogens with zero attached hydrogens (tertiary/aromatic N) is 3. The van der Waals surface area contributed by atoms with Crippen LogP contribution >= 0.6 is 0 Å². The lowest BCUT2D eigenvalue weighted by molar-refractivity contribution is -0.157. The van der Waals surface area contributed by atoms with Gasteiger partial charge in [-0.3, -0.25) is 9.59 Å². The highest BCUT2D eigenvalue weighted by Gasteiger charge is 2.47. The summed E-state index contributed by atoms with van der Waals surface area (Å²) in [6.45, 7) is 5.95. The molecule has 0 N–H and O–H groups in total. The standard InChI is InChI=1S/C31H41N3O7/c1-31(2,3)21-16-27(35)41-26-13-18(26)9-7-6-8-10-23-28(33-24-14-19(38-4)11-12-22(24)32-23)40-20-15-25(30(37)39-5)34(17-20)29(21)36/h11-12,14,18,20-21,25-26H,6-10,13,15-17H2,1-5H3/t18-,20?,21-,25+,26-/m1/s1. The third kappa shape index (κ3) is 6.57. The summed E-state index contributed by atoms with van der Waals surface area (Å²) in [5.41, 5.74) is 1.62. The molecule has 1 unspecified atom stereocenters. The Balaban J connectivity index is 1.49. The van der Waals surface area contributed by atoms with Gasteiger partial charge in [0.2, 0.25) is 11.8 Å². The minimum Gasteiger partial charge on any atom is -0.497 e. The molecule has 1 saturated carbocycles. The SMILES string of the molecule is COC(=O)[C@@H]1CC2CN1C(=O)[C@H](C(C)(C)C)CC(=O)O[C@@H]1C[C@H]1CCCCCc1nc3ccc(OC)cc3nc1O2. The molecule has 41 heavy (non-hydrogen) atoms. The topological polar surface area (TPSA) is 117 Å². The maximum atomic E-state index is 14.0. The summed E-state index contributed by atoms with van der Waals surface area (Å²) in [6.07, 6.45) is 5.17. The van der Waals surface area contributed by atoms with Gasteiger partial charge in [-0.25, -0.2) is 14.8 Å². The normalized spacial score (nSPS) is 27.5. The fourth-order valence-corrected chi connectivity index (χ4v) is 5.97. The number of aryl methyl sites for hydroxylation is 1. The number of amides is 1. The molecule has 2 bridgehead atoms. The Morgan fingerprint density at radius 1 is 1.02 bits per heavy atom. The van der Waals surface area contributed by atoms with Crippen LogP contribution in [0.1, 0.15) is 71.4 Å². The van der Waals surface area contributed by atoms with E-state index < -0.39 is 29.4 Å². The van der Waals surface area contributed by atoms with Crippen LogP contribution in [0.25, 0.3) is 11.0 Å². The Morgan fingerprint density at radius 3 is 2.56 bits per heavy atom. The Bertz CT molecular complexity index is 1310. The van der Waals surface area contributed by atoms with Crippen LogP contribution in [-0.2, 0) is 30.3 Å². The minimum atomic E-state index is -0.828. The summed E-state index contributed by atoms with van der Waals surface area (Å²) < 4.78 is 22.7. The van der Waals surface area contributed by atoms with Crippen LogP contribution in [-0.4, -0.2) is 71.7 Å². The molecule has 10 nitrogen and oxygen atoms in total. The summed E-state index contributed by atoms with van der Waals surface area (Å²) in [7, 11) is 2.91. The van der Waals surface area contributed by atoms with E-state index in [1.807, 2.05) is 39.0 Å². The highest BCUT2D eigenvalue weighted by molar-refractivity contribution is 5.89. The maximum Gasteiger partial charge on any atom is 0.328 e. The largest absolute Gasteiger partial charge is 0.497 e. The molecule has 0 spiro atoms. The van der Waals surface area contributed by atoms with Gasteiger partial charge in [0.05, 0.1) is 44.1 Å². The molecule has 3 aliphatic rings. The second kappa shape index (κ2) is 11.8. The van der Waals surface area contributed by atoms with Crippen molar-refractivity contribution in [2.45, 2.75) is 90.4 Å². The van der Waals surface area contributed by atoms with Crippen molar-refractivity contribution < 1.29 is 33.3 Å². The second-order valence-electron chi connectivity index (χ2n) is 12.6. The zero-order valence-corrected chi connectivity index (χ0v) is 24.7. The molecule has 10 heteroatoms. The molecule has 1 aliphatic carbocycles. The van der Waals surface area contributed by atoms with Gasteiger partial charge in [0.1, 0.15) is 29.7 Å². The van der Waals surface area contributed by atoms with E-state index in [4.69, 9.17) is 28.9 Å². The third-order valence-electron chi connectivity index (χ3n) is 8.55. The first-order chi connectivity index (χ1) is 19.6. The van der Waals surface area contributed by atoms with Crippen LogP contribution in [0.15, 0.2) is 18.2 Å². The average Bonchev–Trinajstić information content (AvgIpc) is 3.53. The van der Waals surface area contributed by atoms with E-state index in [0.29, 0.717) is 29.5 Å². The van der Waals surface area contributed by atoms with Crippen molar-refractivity contribution in [1.29, 1.82) is 0 Å². The number of rotatable bonds is 2. The highest BCUT2D eigenvalue weighted by atomic mass is 16.6. The molecule has 222 valence electrons. The number of carbonyl (C=O) groups is 3. The third-order valence-corrected chi connectivity index (χ3v) is 8.55. The molecule has 1 saturated heterocycles. The number of hydrogen-bond donors (Lipinski definition) is 0. The zero-order chi connectivity index (χ0) is 29.3. The van der Waals surface area contributed by atoms with Crippen molar-refractivity contribution >= 4 is 28.9 Å². The lowest BCUT2D eigenvalue weighted by Gasteiger charge is -2.34. The van der Waals surface area contributed by atoms with Crippen LogP contribution in [0.4, 0.5) is 0 Å². The first-order valence-corrected chi connectivity index (χ1v) is 14.7. The first-order valence-electron chi connectivity index (χ1n) is 14.7. The molecule has 1 aromatic carbocycles. The number of fused-ring (bicyclic) bond motifs is 5. The van der Waals surface area contributed by atoms with Crippen molar-refractivity contribution in [3.05, 3.63) is 23.9 Å². The number of esters is 2. The van der Waals surface area contributed by atoms with Crippen LogP contribution in [0.2, 0.25) is 0 Å². The Hall–Kier alpha value is -3.43. The number of benzene rings is 1. The fraction of sp³-hybridized carbons (Fsp3) is 0.645. The second-order valence-corrected chi connectivity index (χ2v) is 12.6. The van der Waals surface area contributed by atoms with E-state index in [-0.39, 0.29) is 37.4 Å². The van der Waals surface area contributed by atoms with Gasteiger partial charge in [-0.05, 0) is 49.1 Å². The lowest BCUT2D eigenvalue weighted by atomic mass is 9.77. The average molecular weight is 568 g/mol. The first kappa shape index (κ1) is 29.1. The molecule has 3 heterocycles. The van der Waals surface area contributed by atoms with Crippen molar-refractivity contribution in [1.82, 2.24) is 14.9 Å². The number of ether oxygens (including phenoxy) is 4. The van der Waals surface area contributed by atoms with E-state index in [0.717, 1.165) is 43.3 Å². The Morgan fingerprint density at radius 2 is 1.83 bits per heavy atom. The predicted molar refractivity (Wildman–Crippen MR) is 150 cm³/mol. The van der Waals surface area contributed by atoms with Gasteiger partial charge in [0.15, 0.2) is 0 Å². The van der Waals surface area contributed by atoms with Gasteiger partial charge in [0.25, 0.3) is 0 Å². The summed E-state index contributed by atoms with van der Waals surface area (Å²) in [5, 5.41) is 0. The van der Waals surface area contributed by atoms with E-state index in [9.17, 15) is 14.4 Å². The maximum absolute atomic E-state index is 14.0. The molecular weight excluding hydrogens is 526 g/mol. The van der Waals surface area contributed by atoms with E-state index in [2.05, 4.69) is 0 Å². The van der Waals surface area contributed by atoms with Crippen LogP contribution < -0.4 is 9.47 Å². The van der Waals surface area contributed by atoms with Crippen molar-refractivity contribution in [2.24, 2.45) is 17.3 Å². The van der Waals surface area contributed by atoms with E-state index >= 15 is 0 Å². The van der Waals surface area contributed by atoms with E-state index in [1.54, 1.807) is 7.11 Å². The molecular formula is C31H41N3O7. The van der Waals surface area contributed by atoms with Gasteiger partial charge in [-0.2, -0.15) is 0 Å². The summed E-state index contributed by atoms with van der Waals surface area (Å²) in [5.74, 6) is -0.368. The number of aromatic nitrogens is 2. The molecule has 0 radical (unpaired) electrons. The molecule has 1 aromatic heterocycles. The fourth-order valence-electron chi connectivity index (χ4n) is 5.97. The van der Waals surface area contributed by atoms with Crippen LogP contribution in [0, 0.1) is 17.3 Å². The van der Waals surface area contributed by atoms with Crippen molar-refractivity contribution in [3.63, 3.8) is 0 Å².